The van der Waals surface area contributed by atoms with E-state index in [1.54, 1.807) is 7.05 Å². The van der Waals surface area contributed by atoms with Crippen LogP contribution in [0.25, 0.3) is 0 Å². The van der Waals surface area contributed by atoms with Gasteiger partial charge in [-0.1, -0.05) is 13.3 Å². The van der Waals surface area contributed by atoms with Crippen LogP contribution in [0.4, 0.5) is 0 Å². The molecule has 102 valence electrons. The first-order valence-electron chi connectivity index (χ1n) is 6.43. The normalized spacial score (nSPS) is 20.7. The predicted octanol–water partition coefficient (Wildman–Crippen LogP) is 1.01. The number of likely N-dealkylation sites (N-methyl/N-ethyl adjacent to an activating group) is 1. The largest absolute Gasteiger partial charge is 0.354 e. The van der Waals surface area contributed by atoms with Crippen molar-refractivity contribution in [1.82, 2.24) is 15.5 Å². The minimum Gasteiger partial charge on any atom is -0.354 e. The van der Waals surface area contributed by atoms with E-state index in [2.05, 4.69) is 22.5 Å². The third-order valence-corrected chi connectivity index (χ3v) is 3.28. The monoisotopic (exact) mass is 263 g/mol. The molecule has 1 heterocycles. The van der Waals surface area contributed by atoms with Crippen LogP contribution in [0.2, 0.25) is 0 Å². The van der Waals surface area contributed by atoms with Crippen LogP contribution >= 0.6 is 12.4 Å². The molecule has 1 saturated heterocycles. The number of likely N-dealkylation sites (tertiary alicyclic amines) is 1. The molecule has 0 aromatic heterocycles. The topological polar surface area (TPSA) is 44.4 Å². The van der Waals surface area contributed by atoms with Gasteiger partial charge in [-0.3, -0.25) is 9.69 Å². The van der Waals surface area contributed by atoms with Gasteiger partial charge in [-0.25, -0.2) is 0 Å². The molecule has 5 heteroatoms. The van der Waals surface area contributed by atoms with E-state index in [4.69, 9.17) is 0 Å². The van der Waals surface area contributed by atoms with Crippen molar-refractivity contribution in [2.24, 2.45) is 0 Å². The summed E-state index contributed by atoms with van der Waals surface area (Å²) in [5.74, 6) is 0.0903. The minimum atomic E-state index is 0. The number of amides is 1. The number of hydrogen-bond acceptors (Lipinski definition) is 3. The van der Waals surface area contributed by atoms with Gasteiger partial charge in [0.1, 0.15) is 0 Å². The summed E-state index contributed by atoms with van der Waals surface area (Å²) in [6.07, 6.45) is 5.22. The van der Waals surface area contributed by atoms with Crippen molar-refractivity contribution in [3.05, 3.63) is 0 Å². The number of carbonyl (C=O) groups is 1. The maximum atomic E-state index is 11.2. The Labute approximate surface area is 111 Å². The predicted molar refractivity (Wildman–Crippen MR) is 73.7 cm³/mol. The van der Waals surface area contributed by atoms with Crippen LogP contribution in [0.1, 0.15) is 32.6 Å². The first-order valence-corrected chi connectivity index (χ1v) is 6.43. The number of nitrogens with zero attached hydrogens (tertiary/aromatic N) is 1. The molecule has 17 heavy (non-hydrogen) atoms. The van der Waals surface area contributed by atoms with Gasteiger partial charge in [0.05, 0.1) is 6.54 Å². The van der Waals surface area contributed by atoms with Gasteiger partial charge in [0.15, 0.2) is 0 Å². The van der Waals surface area contributed by atoms with E-state index >= 15 is 0 Å². The molecular formula is C12H26ClN3O. The quantitative estimate of drug-likeness (QED) is 0.752. The molecule has 2 N–H and O–H groups in total. The van der Waals surface area contributed by atoms with Gasteiger partial charge in [0.25, 0.3) is 0 Å². The lowest BCUT2D eigenvalue weighted by molar-refractivity contribution is -0.120. The van der Waals surface area contributed by atoms with Crippen LogP contribution in [-0.2, 0) is 4.79 Å². The molecule has 1 aliphatic heterocycles. The van der Waals surface area contributed by atoms with E-state index in [0.717, 1.165) is 19.1 Å². The highest BCUT2D eigenvalue weighted by Gasteiger charge is 2.19. The average Bonchev–Trinajstić information content (AvgIpc) is 2.30. The van der Waals surface area contributed by atoms with Crippen LogP contribution < -0.4 is 10.6 Å². The van der Waals surface area contributed by atoms with Crippen LogP contribution in [0.5, 0.6) is 0 Å². The summed E-state index contributed by atoms with van der Waals surface area (Å²) in [7, 11) is 1.79. The van der Waals surface area contributed by atoms with Crippen molar-refractivity contribution < 1.29 is 4.79 Å². The molecule has 0 radical (unpaired) electrons. The number of nitrogens with one attached hydrogen (secondary N) is 2. The maximum absolute atomic E-state index is 11.2. The fourth-order valence-corrected chi connectivity index (χ4v) is 2.38. The Morgan fingerprint density at radius 1 is 1.41 bits per heavy atom. The summed E-state index contributed by atoms with van der Waals surface area (Å²) in [5, 5.41) is 5.78. The zero-order valence-corrected chi connectivity index (χ0v) is 11.8. The molecule has 0 aliphatic carbocycles. The summed E-state index contributed by atoms with van der Waals surface area (Å²) >= 11 is 0. The highest BCUT2D eigenvalue weighted by Crippen LogP contribution is 2.18. The number of hydrogen-bond donors (Lipinski definition) is 2. The SMILES string of the molecule is CCC1CCCCN1CCNC(=O)CNC.Cl. The molecule has 0 saturated carbocycles. The molecule has 0 bridgehead atoms. The maximum Gasteiger partial charge on any atom is 0.233 e. The Kier molecular flexibility index (Phi) is 9.50. The van der Waals surface area contributed by atoms with Gasteiger partial charge in [0, 0.05) is 19.1 Å². The van der Waals surface area contributed by atoms with Gasteiger partial charge < -0.3 is 10.6 Å². The van der Waals surface area contributed by atoms with Crippen molar-refractivity contribution in [3.8, 4) is 0 Å². The second kappa shape index (κ2) is 9.68. The molecule has 1 atom stereocenters. The van der Waals surface area contributed by atoms with Crippen molar-refractivity contribution in [3.63, 3.8) is 0 Å². The molecule has 0 aromatic rings. The lowest BCUT2D eigenvalue weighted by Crippen LogP contribution is -2.44. The molecular weight excluding hydrogens is 238 g/mol. The first-order chi connectivity index (χ1) is 7.77. The Hall–Kier alpha value is -0.320. The standard InChI is InChI=1S/C12H25N3O.ClH/c1-3-11-6-4-5-8-15(11)9-7-14-12(16)10-13-2;/h11,13H,3-10H2,1-2H3,(H,14,16);1H. The molecule has 1 rings (SSSR count). The fourth-order valence-electron chi connectivity index (χ4n) is 2.38. The smallest absolute Gasteiger partial charge is 0.233 e. The molecule has 1 unspecified atom stereocenters. The Balaban J connectivity index is 0.00000256. The molecule has 0 aromatic carbocycles. The summed E-state index contributed by atoms with van der Waals surface area (Å²) in [4.78, 5) is 13.8. The van der Waals surface area contributed by atoms with E-state index in [9.17, 15) is 4.79 Å². The zero-order chi connectivity index (χ0) is 11.8. The van der Waals surface area contributed by atoms with E-state index in [1.807, 2.05) is 0 Å². The van der Waals surface area contributed by atoms with Crippen LogP contribution in [0.15, 0.2) is 0 Å². The molecule has 1 aliphatic rings. The fraction of sp³-hybridized carbons (Fsp3) is 0.917. The molecule has 0 spiro atoms. The van der Waals surface area contributed by atoms with Crippen molar-refractivity contribution in [1.29, 1.82) is 0 Å². The van der Waals surface area contributed by atoms with E-state index < -0.39 is 0 Å². The van der Waals surface area contributed by atoms with Gasteiger partial charge in [-0.05, 0) is 32.9 Å². The minimum absolute atomic E-state index is 0. The highest BCUT2D eigenvalue weighted by atomic mass is 35.5. The number of piperidine rings is 1. The average molecular weight is 264 g/mol. The van der Waals surface area contributed by atoms with Crippen molar-refractivity contribution in [2.45, 2.75) is 38.6 Å². The second-order valence-corrected chi connectivity index (χ2v) is 4.47. The third kappa shape index (κ3) is 6.24. The second-order valence-electron chi connectivity index (χ2n) is 4.47. The van der Waals surface area contributed by atoms with Crippen molar-refractivity contribution >= 4 is 18.3 Å². The Morgan fingerprint density at radius 3 is 2.82 bits per heavy atom. The zero-order valence-electron chi connectivity index (χ0n) is 11.0. The summed E-state index contributed by atoms with van der Waals surface area (Å²) in [6, 6.07) is 0.731. The Morgan fingerprint density at radius 2 is 2.18 bits per heavy atom. The first kappa shape index (κ1) is 16.7. The Bertz CT molecular complexity index is 214. The lowest BCUT2D eigenvalue weighted by atomic mass is 10.0. The van der Waals surface area contributed by atoms with Crippen LogP contribution in [0.3, 0.4) is 0 Å². The summed E-state index contributed by atoms with van der Waals surface area (Å²) < 4.78 is 0. The molecule has 1 fully saturated rings. The highest BCUT2D eigenvalue weighted by molar-refractivity contribution is 5.85. The number of halogens is 1. The van der Waals surface area contributed by atoms with Crippen molar-refractivity contribution in [2.75, 3.05) is 33.2 Å². The van der Waals surface area contributed by atoms with Gasteiger partial charge in [-0.2, -0.15) is 0 Å². The van der Waals surface area contributed by atoms with E-state index in [1.165, 1.54) is 32.2 Å². The van der Waals surface area contributed by atoms with Crippen LogP contribution in [-0.4, -0.2) is 50.1 Å². The van der Waals surface area contributed by atoms with E-state index in [-0.39, 0.29) is 18.3 Å². The molecule has 4 nitrogen and oxygen atoms in total. The van der Waals surface area contributed by atoms with Gasteiger partial charge in [-0.15, -0.1) is 12.4 Å². The van der Waals surface area contributed by atoms with Gasteiger partial charge in [0.2, 0.25) is 5.91 Å². The number of rotatable bonds is 6. The summed E-state index contributed by atoms with van der Waals surface area (Å²) in [5.41, 5.74) is 0. The third-order valence-electron chi connectivity index (χ3n) is 3.28. The lowest BCUT2D eigenvalue weighted by Gasteiger charge is -2.35. The summed E-state index contributed by atoms with van der Waals surface area (Å²) in [6.45, 7) is 5.63. The van der Waals surface area contributed by atoms with E-state index in [0.29, 0.717) is 6.54 Å². The molecule has 1 amide bonds. The number of carbonyl (C=O) groups excluding carboxylic acids is 1. The van der Waals surface area contributed by atoms with Gasteiger partial charge >= 0.3 is 0 Å². The van der Waals surface area contributed by atoms with Crippen LogP contribution in [0, 0.1) is 0 Å².